The maximum Gasteiger partial charge on any atom is 0.416 e. The molecule has 3 rings (SSSR count). The summed E-state index contributed by atoms with van der Waals surface area (Å²) in [5.74, 6) is -0.841. The Morgan fingerprint density at radius 1 is 1.19 bits per heavy atom. The van der Waals surface area contributed by atoms with Crippen LogP contribution in [0.3, 0.4) is 0 Å². The van der Waals surface area contributed by atoms with Crippen LogP contribution in [0.4, 0.5) is 18.9 Å². The van der Waals surface area contributed by atoms with Crippen molar-refractivity contribution in [2.75, 3.05) is 18.4 Å². The number of hydrogen-bond acceptors (Lipinski definition) is 3. The van der Waals surface area contributed by atoms with E-state index >= 15 is 0 Å². The molecule has 0 atom stereocenters. The molecule has 1 aromatic heterocycles. The Morgan fingerprint density at radius 2 is 1.89 bits per heavy atom. The summed E-state index contributed by atoms with van der Waals surface area (Å²) in [6.07, 6.45) is -3.63. The third-order valence-corrected chi connectivity index (χ3v) is 5.62. The Kier molecular flexibility index (Phi) is 5.76. The second kappa shape index (κ2) is 7.90. The van der Waals surface area contributed by atoms with Gasteiger partial charge >= 0.3 is 6.18 Å². The summed E-state index contributed by atoms with van der Waals surface area (Å²) < 4.78 is 38.5. The molecule has 2 amide bonds. The second-order valence-corrected chi connectivity index (χ2v) is 7.58. The topological polar surface area (TPSA) is 49.4 Å². The fourth-order valence-corrected chi connectivity index (χ4v) is 3.79. The average Bonchev–Trinajstić information content (AvgIpc) is 3.16. The quantitative estimate of drug-likeness (QED) is 0.772. The van der Waals surface area contributed by atoms with Gasteiger partial charge in [0, 0.05) is 19.0 Å². The van der Waals surface area contributed by atoms with Crippen LogP contribution in [0.15, 0.2) is 35.7 Å². The first-order valence-corrected chi connectivity index (χ1v) is 9.52. The molecule has 1 aromatic carbocycles. The summed E-state index contributed by atoms with van der Waals surface area (Å²) in [6, 6.07) is 6.36. The van der Waals surface area contributed by atoms with Gasteiger partial charge in [-0.1, -0.05) is 17.7 Å². The number of carbonyl (C=O) groups excluding carboxylic acids is 2. The normalized spacial score (nSPS) is 15.6. The molecule has 144 valence electrons. The molecule has 0 radical (unpaired) electrons. The lowest BCUT2D eigenvalue weighted by atomic mass is 9.95. The lowest BCUT2D eigenvalue weighted by Crippen LogP contribution is -2.41. The van der Waals surface area contributed by atoms with Crippen molar-refractivity contribution in [2.24, 2.45) is 5.92 Å². The summed E-state index contributed by atoms with van der Waals surface area (Å²) in [7, 11) is 0. The van der Waals surface area contributed by atoms with Gasteiger partial charge in [0.05, 0.1) is 21.2 Å². The number of rotatable bonds is 3. The van der Waals surface area contributed by atoms with Crippen LogP contribution < -0.4 is 5.32 Å². The van der Waals surface area contributed by atoms with Gasteiger partial charge in [-0.3, -0.25) is 9.59 Å². The second-order valence-electron chi connectivity index (χ2n) is 6.23. The third kappa shape index (κ3) is 4.62. The van der Waals surface area contributed by atoms with E-state index in [-0.39, 0.29) is 28.4 Å². The van der Waals surface area contributed by atoms with Crippen LogP contribution in [-0.4, -0.2) is 29.8 Å². The van der Waals surface area contributed by atoms with E-state index in [1.54, 1.807) is 17.0 Å². The van der Waals surface area contributed by atoms with Crippen molar-refractivity contribution >= 4 is 40.4 Å². The van der Waals surface area contributed by atoms with E-state index < -0.39 is 11.7 Å². The lowest BCUT2D eigenvalue weighted by molar-refractivity contribution is -0.137. The van der Waals surface area contributed by atoms with E-state index in [9.17, 15) is 22.8 Å². The zero-order chi connectivity index (χ0) is 19.6. The molecular weight excluding hydrogens is 401 g/mol. The Balaban J connectivity index is 1.61. The number of amides is 2. The van der Waals surface area contributed by atoms with Crippen molar-refractivity contribution < 1.29 is 22.8 Å². The van der Waals surface area contributed by atoms with Crippen LogP contribution in [0.5, 0.6) is 0 Å². The molecule has 1 fully saturated rings. The van der Waals surface area contributed by atoms with Crippen LogP contribution >= 0.6 is 22.9 Å². The van der Waals surface area contributed by atoms with Gasteiger partial charge in [-0.25, -0.2) is 0 Å². The number of benzene rings is 1. The molecule has 2 aromatic rings. The molecule has 1 aliphatic rings. The molecule has 0 spiro atoms. The Morgan fingerprint density at radius 3 is 2.48 bits per heavy atom. The minimum atomic E-state index is -4.52. The molecule has 4 nitrogen and oxygen atoms in total. The summed E-state index contributed by atoms with van der Waals surface area (Å²) >= 11 is 7.28. The van der Waals surface area contributed by atoms with Crippen LogP contribution in [0, 0.1) is 5.92 Å². The smallest absolute Gasteiger partial charge is 0.338 e. The highest BCUT2D eigenvalue weighted by molar-refractivity contribution is 7.12. The Bertz CT molecular complexity index is 832. The molecule has 27 heavy (non-hydrogen) atoms. The van der Waals surface area contributed by atoms with Gasteiger partial charge in [0.1, 0.15) is 0 Å². The molecule has 0 unspecified atom stereocenters. The SMILES string of the molecule is O=C(Nc1cc(C(F)(F)F)ccc1Cl)C1CCN(C(=O)c2cccs2)CC1. The zero-order valence-corrected chi connectivity index (χ0v) is 15.6. The Labute approximate surface area is 162 Å². The summed E-state index contributed by atoms with van der Waals surface area (Å²) in [5, 5.41) is 4.36. The van der Waals surface area contributed by atoms with Gasteiger partial charge in [-0.2, -0.15) is 13.2 Å². The van der Waals surface area contributed by atoms with Gasteiger partial charge in [-0.15, -0.1) is 11.3 Å². The van der Waals surface area contributed by atoms with E-state index in [4.69, 9.17) is 11.6 Å². The molecule has 2 heterocycles. The minimum Gasteiger partial charge on any atom is -0.338 e. The van der Waals surface area contributed by atoms with Crippen LogP contribution in [-0.2, 0) is 11.0 Å². The molecule has 1 N–H and O–H groups in total. The summed E-state index contributed by atoms with van der Waals surface area (Å²) in [4.78, 5) is 27.1. The molecule has 1 saturated heterocycles. The first kappa shape index (κ1) is 19.7. The minimum absolute atomic E-state index is 0.0432. The maximum atomic E-state index is 12.8. The first-order chi connectivity index (χ1) is 12.8. The molecular formula is C18H16ClF3N2O2S. The highest BCUT2D eigenvalue weighted by Gasteiger charge is 2.32. The van der Waals surface area contributed by atoms with E-state index in [1.165, 1.54) is 11.3 Å². The number of nitrogens with zero attached hydrogens (tertiary/aromatic N) is 1. The summed E-state index contributed by atoms with van der Waals surface area (Å²) in [5.41, 5.74) is -0.938. The van der Waals surface area contributed by atoms with Crippen LogP contribution in [0.2, 0.25) is 5.02 Å². The number of halogens is 4. The van der Waals surface area contributed by atoms with Gasteiger partial charge in [0.25, 0.3) is 5.91 Å². The largest absolute Gasteiger partial charge is 0.416 e. The van der Waals surface area contributed by atoms with E-state index in [0.29, 0.717) is 30.8 Å². The standard InChI is InChI=1S/C18H16ClF3N2O2S/c19-13-4-3-12(18(20,21)22)10-14(13)23-16(25)11-5-7-24(8-6-11)17(26)15-2-1-9-27-15/h1-4,9-11H,5-8H2,(H,23,25). The van der Waals surface area contributed by atoms with Gasteiger partial charge in [0.15, 0.2) is 0 Å². The van der Waals surface area contributed by atoms with Gasteiger partial charge in [-0.05, 0) is 42.5 Å². The lowest BCUT2D eigenvalue weighted by Gasteiger charge is -2.31. The summed E-state index contributed by atoms with van der Waals surface area (Å²) in [6.45, 7) is 0.844. The van der Waals surface area contributed by atoms with Crippen molar-refractivity contribution in [3.63, 3.8) is 0 Å². The first-order valence-electron chi connectivity index (χ1n) is 8.26. The predicted octanol–water partition coefficient (Wildman–Crippen LogP) is 4.91. The van der Waals surface area contributed by atoms with Crippen LogP contribution in [0.25, 0.3) is 0 Å². The van der Waals surface area contributed by atoms with E-state index in [2.05, 4.69) is 5.32 Å². The number of carbonyl (C=O) groups is 2. The molecule has 9 heteroatoms. The fraction of sp³-hybridized carbons (Fsp3) is 0.333. The zero-order valence-electron chi connectivity index (χ0n) is 14.1. The molecule has 1 aliphatic heterocycles. The monoisotopic (exact) mass is 416 g/mol. The Hall–Kier alpha value is -2.06. The number of likely N-dealkylation sites (tertiary alicyclic amines) is 1. The van der Waals surface area contributed by atoms with Crippen molar-refractivity contribution in [2.45, 2.75) is 19.0 Å². The third-order valence-electron chi connectivity index (χ3n) is 4.44. The number of anilines is 1. The van der Waals surface area contributed by atoms with Gasteiger partial charge in [0.2, 0.25) is 5.91 Å². The molecule has 0 bridgehead atoms. The fourth-order valence-electron chi connectivity index (χ4n) is 2.93. The number of nitrogens with one attached hydrogen (secondary N) is 1. The van der Waals surface area contributed by atoms with Crippen molar-refractivity contribution in [3.8, 4) is 0 Å². The van der Waals surface area contributed by atoms with Crippen LogP contribution in [0.1, 0.15) is 28.1 Å². The molecule has 0 aliphatic carbocycles. The van der Waals surface area contributed by atoms with Crippen molar-refractivity contribution in [1.82, 2.24) is 4.90 Å². The number of alkyl halides is 3. The number of hydrogen-bond donors (Lipinski definition) is 1. The van der Waals surface area contributed by atoms with E-state index in [0.717, 1.165) is 18.2 Å². The highest BCUT2D eigenvalue weighted by atomic mass is 35.5. The molecule has 0 saturated carbocycles. The van der Waals surface area contributed by atoms with Gasteiger partial charge < -0.3 is 10.2 Å². The predicted molar refractivity (Wildman–Crippen MR) is 98.0 cm³/mol. The maximum absolute atomic E-state index is 12.8. The van der Waals surface area contributed by atoms with E-state index in [1.807, 2.05) is 5.38 Å². The number of thiophene rings is 1. The van der Waals surface area contributed by atoms with Crippen molar-refractivity contribution in [3.05, 3.63) is 51.2 Å². The highest BCUT2D eigenvalue weighted by Crippen LogP contribution is 2.34. The van der Waals surface area contributed by atoms with Crippen molar-refractivity contribution in [1.29, 1.82) is 0 Å². The average molecular weight is 417 g/mol. The number of piperidine rings is 1.